The Morgan fingerprint density at radius 1 is 1.36 bits per heavy atom. The van der Waals surface area contributed by atoms with Gasteiger partial charge in [-0.05, 0) is 31.9 Å². The SMILES string of the molecule is CNc1nc(C)c2cc(/C=C/O)c(=O)n(C3CCCC3)c2n1. The van der Waals surface area contributed by atoms with E-state index < -0.39 is 0 Å². The molecule has 0 amide bonds. The summed E-state index contributed by atoms with van der Waals surface area (Å²) in [5, 5.41) is 12.8. The van der Waals surface area contributed by atoms with Gasteiger partial charge in [-0.15, -0.1) is 0 Å². The maximum atomic E-state index is 12.8. The first-order valence-electron chi connectivity index (χ1n) is 7.58. The molecule has 3 rings (SSSR count). The molecule has 2 aromatic rings. The van der Waals surface area contributed by atoms with Crippen LogP contribution in [0.25, 0.3) is 17.1 Å². The molecule has 0 aliphatic heterocycles. The van der Waals surface area contributed by atoms with Crippen molar-refractivity contribution in [3.05, 3.63) is 33.9 Å². The van der Waals surface area contributed by atoms with Gasteiger partial charge >= 0.3 is 0 Å². The van der Waals surface area contributed by atoms with E-state index in [1.165, 1.54) is 6.08 Å². The third-order valence-electron chi connectivity index (χ3n) is 4.28. The predicted molar refractivity (Wildman–Crippen MR) is 87.2 cm³/mol. The van der Waals surface area contributed by atoms with Gasteiger partial charge in [0.2, 0.25) is 5.95 Å². The minimum absolute atomic E-state index is 0.107. The standard InChI is InChI=1S/C16H20N4O2/c1-10-13-9-11(7-8-21)15(22)20(12-5-3-4-6-12)14(13)19-16(17-2)18-10/h7-9,12,21H,3-6H2,1-2H3,(H,17,18,19)/b8-7+. The molecule has 116 valence electrons. The molecule has 0 aromatic carbocycles. The zero-order valence-corrected chi connectivity index (χ0v) is 12.8. The molecule has 0 bridgehead atoms. The van der Waals surface area contributed by atoms with Crippen LogP contribution < -0.4 is 10.9 Å². The molecule has 6 nitrogen and oxygen atoms in total. The van der Waals surface area contributed by atoms with Crippen molar-refractivity contribution >= 4 is 23.1 Å². The van der Waals surface area contributed by atoms with Crippen LogP contribution in [0, 0.1) is 6.92 Å². The molecule has 0 radical (unpaired) electrons. The highest BCUT2D eigenvalue weighted by Gasteiger charge is 2.22. The van der Waals surface area contributed by atoms with Gasteiger partial charge in [0, 0.05) is 24.0 Å². The number of hydrogen-bond donors (Lipinski definition) is 2. The lowest BCUT2D eigenvalue weighted by Gasteiger charge is -2.18. The van der Waals surface area contributed by atoms with Crippen LogP contribution >= 0.6 is 0 Å². The summed E-state index contributed by atoms with van der Waals surface area (Å²) in [5.41, 5.74) is 1.84. The number of fused-ring (bicyclic) bond motifs is 1. The highest BCUT2D eigenvalue weighted by Crippen LogP contribution is 2.31. The second-order valence-electron chi connectivity index (χ2n) is 5.65. The average Bonchev–Trinajstić information content (AvgIpc) is 3.02. The highest BCUT2D eigenvalue weighted by molar-refractivity contribution is 5.81. The fraction of sp³-hybridized carbons (Fsp3) is 0.438. The second kappa shape index (κ2) is 5.79. The molecular formula is C16H20N4O2. The van der Waals surface area contributed by atoms with Crippen molar-refractivity contribution in [1.82, 2.24) is 14.5 Å². The van der Waals surface area contributed by atoms with Crippen LogP contribution in [-0.2, 0) is 0 Å². The van der Waals surface area contributed by atoms with Crippen molar-refractivity contribution in [3.8, 4) is 0 Å². The van der Waals surface area contributed by atoms with Gasteiger partial charge in [-0.3, -0.25) is 9.36 Å². The molecule has 2 heterocycles. The number of aromatic nitrogens is 3. The van der Waals surface area contributed by atoms with Crippen LogP contribution in [0.15, 0.2) is 17.1 Å². The first-order valence-corrected chi connectivity index (χ1v) is 7.58. The Hall–Kier alpha value is -2.37. The highest BCUT2D eigenvalue weighted by atomic mass is 16.2. The summed E-state index contributed by atoms with van der Waals surface area (Å²) in [6.07, 6.45) is 6.56. The Morgan fingerprint density at radius 2 is 2.09 bits per heavy atom. The minimum Gasteiger partial charge on any atom is -0.516 e. The predicted octanol–water partition coefficient (Wildman–Crippen LogP) is 2.79. The molecule has 0 saturated heterocycles. The van der Waals surface area contributed by atoms with E-state index in [2.05, 4.69) is 15.3 Å². The lowest BCUT2D eigenvalue weighted by Crippen LogP contribution is -2.27. The number of nitrogens with one attached hydrogen (secondary N) is 1. The van der Waals surface area contributed by atoms with E-state index in [0.29, 0.717) is 17.2 Å². The van der Waals surface area contributed by atoms with Gasteiger partial charge in [-0.25, -0.2) is 4.98 Å². The number of pyridine rings is 1. The zero-order valence-electron chi connectivity index (χ0n) is 12.8. The lowest BCUT2D eigenvalue weighted by atomic mass is 10.1. The van der Waals surface area contributed by atoms with Crippen molar-refractivity contribution in [3.63, 3.8) is 0 Å². The molecule has 2 aromatic heterocycles. The average molecular weight is 300 g/mol. The number of aliphatic hydroxyl groups is 1. The fourth-order valence-electron chi connectivity index (χ4n) is 3.18. The number of hydrogen-bond acceptors (Lipinski definition) is 5. The van der Waals surface area contributed by atoms with Gasteiger partial charge in [0.1, 0.15) is 5.65 Å². The normalized spacial score (nSPS) is 15.9. The van der Waals surface area contributed by atoms with Crippen LogP contribution in [0.5, 0.6) is 0 Å². The van der Waals surface area contributed by atoms with E-state index in [9.17, 15) is 4.79 Å². The smallest absolute Gasteiger partial charge is 0.259 e. The Balaban J connectivity index is 2.38. The Kier molecular flexibility index (Phi) is 3.83. The zero-order chi connectivity index (χ0) is 15.7. The number of aliphatic hydroxyl groups excluding tert-OH is 1. The molecule has 1 aliphatic rings. The van der Waals surface area contributed by atoms with Crippen LogP contribution in [0.4, 0.5) is 5.95 Å². The molecular weight excluding hydrogens is 280 g/mol. The van der Waals surface area contributed by atoms with Crippen LogP contribution in [0.2, 0.25) is 0 Å². The summed E-state index contributed by atoms with van der Waals surface area (Å²) in [6.45, 7) is 1.90. The topological polar surface area (TPSA) is 80.0 Å². The van der Waals surface area contributed by atoms with Crippen LogP contribution in [0.3, 0.4) is 0 Å². The maximum Gasteiger partial charge on any atom is 0.259 e. The van der Waals surface area contributed by atoms with E-state index in [1.54, 1.807) is 17.7 Å². The Bertz CT molecular complexity index is 789. The Labute approximate surface area is 128 Å². The Morgan fingerprint density at radius 3 is 2.73 bits per heavy atom. The van der Waals surface area contributed by atoms with Crippen molar-refractivity contribution in [2.24, 2.45) is 0 Å². The van der Waals surface area contributed by atoms with Crippen molar-refractivity contribution in [2.75, 3.05) is 12.4 Å². The van der Waals surface area contributed by atoms with Crippen molar-refractivity contribution in [1.29, 1.82) is 0 Å². The maximum absolute atomic E-state index is 12.8. The van der Waals surface area contributed by atoms with Crippen molar-refractivity contribution < 1.29 is 5.11 Å². The van der Waals surface area contributed by atoms with Gasteiger partial charge < -0.3 is 10.4 Å². The monoisotopic (exact) mass is 300 g/mol. The minimum atomic E-state index is -0.107. The third-order valence-corrected chi connectivity index (χ3v) is 4.28. The number of aryl methyl sites for hydroxylation is 1. The molecule has 0 unspecified atom stereocenters. The summed E-state index contributed by atoms with van der Waals surface area (Å²) in [5.74, 6) is 0.515. The summed E-state index contributed by atoms with van der Waals surface area (Å²) < 4.78 is 1.78. The van der Waals surface area contributed by atoms with E-state index in [4.69, 9.17) is 5.11 Å². The molecule has 0 spiro atoms. The fourth-order valence-corrected chi connectivity index (χ4v) is 3.18. The molecule has 0 atom stereocenters. The van der Waals surface area contributed by atoms with Crippen LogP contribution in [-0.4, -0.2) is 26.7 Å². The van der Waals surface area contributed by atoms with E-state index in [-0.39, 0.29) is 11.6 Å². The second-order valence-corrected chi connectivity index (χ2v) is 5.65. The quantitative estimate of drug-likeness (QED) is 0.852. The van der Waals surface area contributed by atoms with Gasteiger partial charge in [-0.1, -0.05) is 12.8 Å². The largest absolute Gasteiger partial charge is 0.516 e. The van der Waals surface area contributed by atoms with Gasteiger partial charge in [0.05, 0.1) is 12.0 Å². The lowest BCUT2D eigenvalue weighted by molar-refractivity contribution is 0.477. The van der Waals surface area contributed by atoms with E-state index in [0.717, 1.165) is 43.0 Å². The molecule has 2 N–H and O–H groups in total. The molecule has 1 saturated carbocycles. The first kappa shape index (κ1) is 14.6. The van der Waals surface area contributed by atoms with Gasteiger partial charge in [0.15, 0.2) is 0 Å². The van der Waals surface area contributed by atoms with Crippen LogP contribution in [0.1, 0.15) is 43.0 Å². The summed E-state index contributed by atoms with van der Waals surface area (Å²) >= 11 is 0. The molecule has 22 heavy (non-hydrogen) atoms. The number of anilines is 1. The summed E-state index contributed by atoms with van der Waals surface area (Å²) in [7, 11) is 1.77. The summed E-state index contributed by atoms with van der Waals surface area (Å²) in [6, 6.07) is 1.92. The molecule has 1 aliphatic carbocycles. The number of nitrogens with zero attached hydrogens (tertiary/aromatic N) is 3. The number of rotatable bonds is 3. The molecule has 1 fully saturated rings. The van der Waals surface area contributed by atoms with E-state index in [1.807, 2.05) is 6.92 Å². The summed E-state index contributed by atoms with van der Waals surface area (Å²) in [4.78, 5) is 21.7. The first-order chi connectivity index (χ1) is 10.7. The van der Waals surface area contributed by atoms with Gasteiger partial charge in [-0.2, -0.15) is 4.98 Å². The van der Waals surface area contributed by atoms with E-state index >= 15 is 0 Å². The van der Waals surface area contributed by atoms with Gasteiger partial charge in [0.25, 0.3) is 5.56 Å². The van der Waals surface area contributed by atoms with Crippen molar-refractivity contribution in [2.45, 2.75) is 38.6 Å². The molecule has 6 heteroatoms. The third kappa shape index (κ3) is 2.34.